The highest BCUT2D eigenvalue weighted by molar-refractivity contribution is 5.85. The van der Waals surface area contributed by atoms with Gasteiger partial charge in [-0.3, -0.25) is 4.90 Å². The normalized spacial score (nSPS) is 25.9. The zero-order valence-electron chi connectivity index (χ0n) is 9.20. The Balaban J connectivity index is 0.000000980. The molecule has 3 nitrogen and oxygen atoms in total. The number of likely N-dealkylation sites (N-methyl/N-ethyl adjacent to an activating group) is 2. The summed E-state index contributed by atoms with van der Waals surface area (Å²) in [7, 11) is 4.50. The minimum atomic E-state index is 0. The average Bonchev–Trinajstić information content (AvgIpc) is 2.13. The first-order chi connectivity index (χ1) is 6.27. The fraction of sp³-hybridized carbons (Fsp3) is 1.00. The van der Waals surface area contributed by atoms with Gasteiger partial charge >= 0.3 is 0 Å². The van der Waals surface area contributed by atoms with Crippen LogP contribution in [-0.2, 0) is 0 Å². The van der Waals surface area contributed by atoms with Crippen LogP contribution >= 0.6 is 12.4 Å². The topological polar surface area (TPSA) is 18.5 Å². The number of hydrogen-bond acceptors (Lipinski definition) is 3. The Hall–Kier alpha value is 0.170. The lowest BCUT2D eigenvalue weighted by molar-refractivity contribution is 0.0331. The number of halogens is 1. The molecule has 2 aliphatic rings. The van der Waals surface area contributed by atoms with Crippen molar-refractivity contribution in [3.63, 3.8) is 0 Å². The number of rotatable bonds is 2. The van der Waals surface area contributed by atoms with Gasteiger partial charge < -0.3 is 10.2 Å². The van der Waals surface area contributed by atoms with Crippen molar-refractivity contribution in [2.75, 3.05) is 40.3 Å². The summed E-state index contributed by atoms with van der Waals surface area (Å²) in [6.45, 7) is 4.94. The van der Waals surface area contributed by atoms with Gasteiger partial charge in [0.25, 0.3) is 0 Å². The lowest BCUT2D eigenvalue weighted by Gasteiger charge is -2.46. The molecule has 0 aromatic carbocycles. The SMILES string of the molecule is CN1CC(N(C)C2CCNCC2)C1.Cl. The van der Waals surface area contributed by atoms with E-state index in [1.165, 1.54) is 39.0 Å². The number of likely N-dealkylation sites (tertiary alicyclic amines) is 1. The molecule has 0 aromatic heterocycles. The third-order valence-corrected chi connectivity index (χ3v) is 3.51. The second-order valence-corrected chi connectivity index (χ2v) is 4.52. The van der Waals surface area contributed by atoms with Crippen LogP contribution in [0.25, 0.3) is 0 Å². The summed E-state index contributed by atoms with van der Waals surface area (Å²) in [5.41, 5.74) is 0. The highest BCUT2D eigenvalue weighted by Gasteiger charge is 2.31. The fourth-order valence-corrected chi connectivity index (χ4v) is 2.44. The van der Waals surface area contributed by atoms with Crippen LogP contribution in [0.15, 0.2) is 0 Å². The maximum Gasteiger partial charge on any atom is 0.0350 e. The minimum Gasteiger partial charge on any atom is -0.317 e. The Morgan fingerprint density at radius 2 is 1.71 bits per heavy atom. The van der Waals surface area contributed by atoms with Crippen LogP contribution in [0, 0.1) is 0 Å². The quantitative estimate of drug-likeness (QED) is 0.726. The molecule has 0 radical (unpaired) electrons. The zero-order chi connectivity index (χ0) is 9.26. The Morgan fingerprint density at radius 3 is 2.21 bits per heavy atom. The van der Waals surface area contributed by atoms with E-state index in [0.717, 1.165) is 12.1 Å². The standard InChI is InChI=1S/C10H21N3.ClH/c1-12-7-10(8-12)13(2)9-3-5-11-6-4-9;/h9-11H,3-8H2,1-2H3;1H. The summed E-state index contributed by atoms with van der Waals surface area (Å²) < 4.78 is 0. The Bertz CT molecular complexity index is 165. The molecule has 0 spiro atoms. The van der Waals surface area contributed by atoms with Crippen molar-refractivity contribution in [2.45, 2.75) is 24.9 Å². The highest BCUT2D eigenvalue weighted by Crippen LogP contribution is 2.18. The van der Waals surface area contributed by atoms with Gasteiger partial charge in [0.15, 0.2) is 0 Å². The molecule has 14 heavy (non-hydrogen) atoms. The van der Waals surface area contributed by atoms with Gasteiger partial charge in [-0.25, -0.2) is 0 Å². The Labute approximate surface area is 93.2 Å². The van der Waals surface area contributed by atoms with Crippen molar-refractivity contribution in [1.29, 1.82) is 0 Å². The maximum atomic E-state index is 3.42. The molecule has 0 bridgehead atoms. The molecule has 2 aliphatic heterocycles. The summed E-state index contributed by atoms with van der Waals surface area (Å²) in [6, 6.07) is 1.66. The van der Waals surface area contributed by atoms with Crippen LogP contribution in [0.3, 0.4) is 0 Å². The van der Waals surface area contributed by atoms with E-state index in [-0.39, 0.29) is 12.4 Å². The second-order valence-electron chi connectivity index (χ2n) is 4.52. The van der Waals surface area contributed by atoms with Crippen LogP contribution in [0.2, 0.25) is 0 Å². The van der Waals surface area contributed by atoms with E-state index in [2.05, 4.69) is 29.2 Å². The first kappa shape index (κ1) is 12.2. The van der Waals surface area contributed by atoms with Gasteiger partial charge in [-0.1, -0.05) is 0 Å². The van der Waals surface area contributed by atoms with Crippen LogP contribution in [-0.4, -0.2) is 62.2 Å². The first-order valence-corrected chi connectivity index (χ1v) is 5.38. The van der Waals surface area contributed by atoms with Crippen molar-refractivity contribution in [3.8, 4) is 0 Å². The van der Waals surface area contributed by atoms with E-state index in [1.54, 1.807) is 0 Å². The molecule has 0 atom stereocenters. The van der Waals surface area contributed by atoms with E-state index in [9.17, 15) is 0 Å². The zero-order valence-corrected chi connectivity index (χ0v) is 10.0. The predicted octanol–water partition coefficient (Wildman–Crippen LogP) is 0.406. The fourth-order valence-electron chi connectivity index (χ4n) is 2.44. The summed E-state index contributed by atoms with van der Waals surface area (Å²) in [4.78, 5) is 4.99. The summed E-state index contributed by atoms with van der Waals surface area (Å²) in [6.07, 6.45) is 2.66. The van der Waals surface area contributed by atoms with E-state index < -0.39 is 0 Å². The van der Waals surface area contributed by atoms with Gasteiger partial charge in [0, 0.05) is 25.2 Å². The third-order valence-electron chi connectivity index (χ3n) is 3.51. The van der Waals surface area contributed by atoms with Gasteiger partial charge in [0.05, 0.1) is 0 Å². The van der Waals surface area contributed by atoms with Gasteiger partial charge in [-0.05, 0) is 40.0 Å². The summed E-state index contributed by atoms with van der Waals surface area (Å²) in [5, 5.41) is 3.42. The Kier molecular flexibility index (Phi) is 4.64. The molecule has 2 saturated heterocycles. The summed E-state index contributed by atoms with van der Waals surface area (Å²) in [5.74, 6) is 0. The van der Waals surface area contributed by atoms with Gasteiger partial charge in [-0.2, -0.15) is 0 Å². The molecule has 2 heterocycles. The molecule has 0 aromatic rings. The molecule has 0 amide bonds. The molecule has 4 heteroatoms. The molecule has 84 valence electrons. The lowest BCUT2D eigenvalue weighted by atomic mass is 10.0. The van der Waals surface area contributed by atoms with E-state index in [4.69, 9.17) is 0 Å². The van der Waals surface area contributed by atoms with Crippen LogP contribution in [0.1, 0.15) is 12.8 Å². The van der Waals surface area contributed by atoms with Crippen molar-refractivity contribution in [2.24, 2.45) is 0 Å². The van der Waals surface area contributed by atoms with E-state index in [1.807, 2.05) is 0 Å². The molecule has 1 N–H and O–H groups in total. The molecule has 0 unspecified atom stereocenters. The van der Waals surface area contributed by atoms with E-state index >= 15 is 0 Å². The highest BCUT2D eigenvalue weighted by atomic mass is 35.5. The monoisotopic (exact) mass is 219 g/mol. The van der Waals surface area contributed by atoms with Crippen molar-refractivity contribution >= 4 is 12.4 Å². The second kappa shape index (κ2) is 5.31. The molecule has 0 saturated carbocycles. The predicted molar refractivity (Wildman–Crippen MR) is 62.2 cm³/mol. The van der Waals surface area contributed by atoms with Crippen molar-refractivity contribution in [3.05, 3.63) is 0 Å². The average molecular weight is 220 g/mol. The summed E-state index contributed by atoms with van der Waals surface area (Å²) >= 11 is 0. The van der Waals surface area contributed by atoms with Gasteiger partial charge in [0.2, 0.25) is 0 Å². The van der Waals surface area contributed by atoms with Gasteiger partial charge in [-0.15, -0.1) is 12.4 Å². The molecular weight excluding hydrogens is 198 g/mol. The third kappa shape index (κ3) is 2.60. The largest absolute Gasteiger partial charge is 0.317 e. The minimum absolute atomic E-state index is 0. The maximum absolute atomic E-state index is 3.42. The van der Waals surface area contributed by atoms with Crippen molar-refractivity contribution in [1.82, 2.24) is 15.1 Å². The lowest BCUT2D eigenvalue weighted by Crippen LogP contribution is -2.60. The molecular formula is C10H22ClN3. The molecule has 2 rings (SSSR count). The van der Waals surface area contributed by atoms with E-state index in [0.29, 0.717) is 0 Å². The molecule has 2 fully saturated rings. The smallest absolute Gasteiger partial charge is 0.0350 e. The number of nitrogens with zero attached hydrogens (tertiary/aromatic N) is 2. The first-order valence-electron chi connectivity index (χ1n) is 5.38. The number of nitrogens with one attached hydrogen (secondary N) is 1. The van der Waals surface area contributed by atoms with Gasteiger partial charge in [0.1, 0.15) is 0 Å². The number of hydrogen-bond donors (Lipinski definition) is 1. The van der Waals surface area contributed by atoms with Crippen LogP contribution in [0.5, 0.6) is 0 Å². The van der Waals surface area contributed by atoms with Crippen LogP contribution in [0.4, 0.5) is 0 Å². The van der Waals surface area contributed by atoms with Crippen molar-refractivity contribution < 1.29 is 0 Å². The molecule has 0 aliphatic carbocycles. The van der Waals surface area contributed by atoms with Crippen LogP contribution < -0.4 is 5.32 Å². The Morgan fingerprint density at radius 1 is 1.14 bits per heavy atom. The number of piperidine rings is 1.